The quantitative estimate of drug-likeness (QED) is 0.333. The molecule has 0 amide bonds. The van der Waals surface area contributed by atoms with Crippen LogP contribution in [-0.4, -0.2) is 19.0 Å². The highest BCUT2D eigenvalue weighted by atomic mass is 127. The van der Waals surface area contributed by atoms with E-state index < -0.39 is 0 Å². The number of aliphatic imine (C=N–C) groups is 1. The Bertz CT molecular complexity index is 223. The van der Waals surface area contributed by atoms with Gasteiger partial charge in [-0.25, -0.2) is 0 Å². The van der Waals surface area contributed by atoms with Gasteiger partial charge in [-0.3, -0.25) is 4.99 Å². The Hall–Kier alpha value is 0. The maximum absolute atomic E-state index is 5.85. The monoisotopic (exact) mass is 353 g/mol. The van der Waals surface area contributed by atoms with E-state index in [1.54, 1.807) is 0 Å². The Kier molecular flexibility index (Phi) is 9.00. The number of unbranched alkanes of at least 4 members (excludes halogenated alkanes) is 1. The summed E-state index contributed by atoms with van der Waals surface area (Å²) in [6.45, 7) is 6.32. The summed E-state index contributed by atoms with van der Waals surface area (Å²) in [5.74, 6) is 0.633. The minimum absolute atomic E-state index is 0. The molecule has 0 aromatic heterocycles. The second-order valence-electron chi connectivity index (χ2n) is 5.04. The number of guanidine groups is 1. The second kappa shape index (κ2) is 9.00. The molecule has 1 aliphatic rings. The third-order valence-electron chi connectivity index (χ3n) is 3.84. The van der Waals surface area contributed by atoms with Crippen molar-refractivity contribution in [2.45, 2.75) is 58.8 Å². The Labute approximate surface area is 123 Å². The van der Waals surface area contributed by atoms with Crippen molar-refractivity contribution in [3.63, 3.8) is 0 Å². The van der Waals surface area contributed by atoms with Crippen molar-refractivity contribution in [1.29, 1.82) is 0 Å². The van der Waals surface area contributed by atoms with Crippen LogP contribution in [0.2, 0.25) is 0 Å². The summed E-state index contributed by atoms with van der Waals surface area (Å²) < 4.78 is 0. The number of nitrogens with one attached hydrogen (secondary N) is 1. The van der Waals surface area contributed by atoms with Gasteiger partial charge < -0.3 is 11.1 Å². The van der Waals surface area contributed by atoms with Gasteiger partial charge in [0.2, 0.25) is 0 Å². The zero-order valence-corrected chi connectivity index (χ0v) is 13.6. The molecule has 0 aromatic rings. The molecule has 1 fully saturated rings. The van der Waals surface area contributed by atoms with E-state index in [4.69, 9.17) is 5.73 Å². The van der Waals surface area contributed by atoms with Gasteiger partial charge in [0.15, 0.2) is 5.96 Å². The molecule has 102 valence electrons. The zero-order chi connectivity index (χ0) is 11.9. The predicted molar refractivity (Wildman–Crippen MR) is 86.0 cm³/mol. The molecule has 0 spiro atoms. The molecule has 17 heavy (non-hydrogen) atoms. The molecule has 0 radical (unpaired) electrons. The van der Waals surface area contributed by atoms with Gasteiger partial charge in [-0.05, 0) is 31.1 Å². The van der Waals surface area contributed by atoms with Crippen LogP contribution in [0.1, 0.15) is 58.8 Å². The van der Waals surface area contributed by atoms with E-state index in [9.17, 15) is 0 Å². The Morgan fingerprint density at radius 3 is 2.47 bits per heavy atom. The summed E-state index contributed by atoms with van der Waals surface area (Å²) in [6.07, 6.45) is 8.98. The van der Waals surface area contributed by atoms with Crippen LogP contribution < -0.4 is 11.1 Å². The van der Waals surface area contributed by atoms with E-state index >= 15 is 0 Å². The molecule has 0 aromatic carbocycles. The molecule has 1 rings (SSSR count). The number of hydrogen-bond donors (Lipinski definition) is 2. The van der Waals surface area contributed by atoms with Gasteiger partial charge >= 0.3 is 0 Å². The lowest BCUT2D eigenvalue weighted by molar-refractivity contribution is 0.297. The lowest BCUT2D eigenvalue weighted by Gasteiger charge is -2.25. The molecule has 0 aliphatic heterocycles. The molecule has 3 nitrogen and oxygen atoms in total. The molecular weight excluding hydrogens is 325 g/mol. The Morgan fingerprint density at radius 2 is 1.94 bits per heavy atom. The molecule has 0 bridgehead atoms. The highest BCUT2D eigenvalue weighted by Gasteiger charge is 2.31. The van der Waals surface area contributed by atoms with Gasteiger partial charge in [-0.1, -0.05) is 33.1 Å². The van der Waals surface area contributed by atoms with E-state index in [0.29, 0.717) is 11.4 Å². The first-order valence-electron chi connectivity index (χ1n) is 6.76. The summed E-state index contributed by atoms with van der Waals surface area (Å²) in [5, 5.41) is 3.18. The summed E-state index contributed by atoms with van der Waals surface area (Å²) >= 11 is 0. The van der Waals surface area contributed by atoms with E-state index in [1.807, 2.05) is 0 Å². The van der Waals surface area contributed by atoms with Crippen molar-refractivity contribution in [2.24, 2.45) is 16.1 Å². The average Bonchev–Trinajstić information content (AvgIpc) is 2.76. The van der Waals surface area contributed by atoms with Crippen LogP contribution >= 0.6 is 24.0 Å². The molecule has 0 heterocycles. The zero-order valence-electron chi connectivity index (χ0n) is 11.3. The van der Waals surface area contributed by atoms with E-state index in [2.05, 4.69) is 24.2 Å². The number of halogens is 1. The maximum Gasteiger partial charge on any atom is 0.188 e. The molecule has 0 saturated heterocycles. The van der Waals surface area contributed by atoms with Crippen LogP contribution in [0.4, 0.5) is 0 Å². The first kappa shape index (κ1) is 17.0. The van der Waals surface area contributed by atoms with Gasteiger partial charge in [-0.2, -0.15) is 0 Å². The van der Waals surface area contributed by atoms with Gasteiger partial charge in [0.1, 0.15) is 0 Å². The maximum atomic E-state index is 5.85. The van der Waals surface area contributed by atoms with Crippen molar-refractivity contribution in [3.8, 4) is 0 Å². The Balaban J connectivity index is 0.00000256. The average molecular weight is 353 g/mol. The molecule has 3 N–H and O–H groups in total. The van der Waals surface area contributed by atoms with E-state index in [0.717, 1.165) is 19.5 Å². The summed E-state index contributed by atoms with van der Waals surface area (Å²) in [7, 11) is 0. The fourth-order valence-corrected chi connectivity index (χ4v) is 2.45. The topological polar surface area (TPSA) is 50.4 Å². The van der Waals surface area contributed by atoms with Crippen LogP contribution in [0.3, 0.4) is 0 Å². The first-order valence-corrected chi connectivity index (χ1v) is 6.76. The van der Waals surface area contributed by atoms with Crippen LogP contribution in [0.15, 0.2) is 4.99 Å². The first-order chi connectivity index (χ1) is 7.72. The lowest BCUT2D eigenvalue weighted by atomic mass is 9.84. The highest BCUT2D eigenvalue weighted by Crippen LogP contribution is 2.40. The van der Waals surface area contributed by atoms with Crippen molar-refractivity contribution < 1.29 is 0 Å². The van der Waals surface area contributed by atoms with E-state index in [1.165, 1.54) is 38.5 Å². The van der Waals surface area contributed by atoms with Crippen LogP contribution in [0, 0.1) is 5.41 Å². The van der Waals surface area contributed by atoms with Gasteiger partial charge in [0, 0.05) is 13.1 Å². The van der Waals surface area contributed by atoms with Gasteiger partial charge in [0.25, 0.3) is 0 Å². The Morgan fingerprint density at radius 1 is 1.29 bits per heavy atom. The van der Waals surface area contributed by atoms with Crippen LogP contribution in [-0.2, 0) is 0 Å². The molecule has 1 aliphatic carbocycles. The van der Waals surface area contributed by atoms with Gasteiger partial charge in [-0.15, -0.1) is 24.0 Å². The number of rotatable bonds is 6. The third kappa shape index (κ3) is 5.93. The standard InChI is InChI=1S/C13H27N3.HI/c1-3-5-10-15-12(14)16-11-13(4-2)8-6-7-9-13;/h3-11H2,1-2H3,(H3,14,15,16);1H. The molecule has 0 unspecified atom stereocenters. The highest BCUT2D eigenvalue weighted by molar-refractivity contribution is 14.0. The summed E-state index contributed by atoms with van der Waals surface area (Å²) in [5.41, 5.74) is 6.30. The number of hydrogen-bond acceptors (Lipinski definition) is 1. The molecule has 0 atom stereocenters. The van der Waals surface area contributed by atoms with E-state index in [-0.39, 0.29) is 24.0 Å². The van der Waals surface area contributed by atoms with Crippen LogP contribution in [0.5, 0.6) is 0 Å². The lowest BCUT2D eigenvalue weighted by Crippen LogP contribution is -2.34. The minimum atomic E-state index is 0. The largest absolute Gasteiger partial charge is 0.370 e. The number of nitrogens with two attached hydrogens (primary N) is 1. The van der Waals surface area contributed by atoms with Crippen molar-refractivity contribution in [2.75, 3.05) is 13.1 Å². The summed E-state index contributed by atoms with van der Waals surface area (Å²) in [4.78, 5) is 4.50. The summed E-state index contributed by atoms with van der Waals surface area (Å²) in [6, 6.07) is 0. The van der Waals surface area contributed by atoms with Crippen molar-refractivity contribution in [1.82, 2.24) is 5.32 Å². The fraction of sp³-hybridized carbons (Fsp3) is 0.923. The minimum Gasteiger partial charge on any atom is -0.370 e. The van der Waals surface area contributed by atoms with Crippen LogP contribution in [0.25, 0.3) is 0 Å². The second-order valence-corrected chi connectivity index (χ2v) is 5.04. The smallest absolute Gasteiger partial charge is 0.188 e. The van der Waals surface area contributed by atoms with Gasteiger partial charge in [0.05, 0.1) is 0 Å². The van der Waals surface area contributed by atoms with Crippen molar-refractivity contribution in [3.05, 3.63) is 0 Å². The third-order valence-corrected chi connectivity index (χ3v) is 3.84. The SMILES string of the molecule is CCCCNC(N)=NCC1(CC)CCCC1.I. The normalized spacial score (nSPS) is 18.8. The molecule has 4 heteroatoms. The molecular formula is C13H28IN3. The number of nitrogens with zero attached hydrogens (tertiary/aromatic N) is 1. The molecule has 1 saturated carbocycles. The van der Waals surface area contributed by atoms with Crippen molar-refractivity contribution >= 4 is 29.9 Å². The fourth-order valence-electron chi connectivity index (χ4n) is 2.45. The predicted octanol–water partition coefficient (Wildman–Crippen LogP) is 3.28.